The second-order valence-corrected chi connectivity index (χ2v) is 3.85. The van der Waals surface area contributed by atoms with Crippen LogP contribution in [0.2, 0.25) is 0 Å². The lowest BCUT2D eigenvalue weighted by Gasteiger charge is -2.07. The van der Waals surface area contributed by atoms with Gasteiger partial charge in [0.05, 0.1) is 6.33 Å². The summed E-state index contributed by atoms with van der Waals surface area (Å²) in [7, 11) is 0. The first-order chi connectivity index (χ1) is 9.20. The highest BCUT2D eigenvalue weighted by Gasteiger charge is 2.07. The minimum absolute atomic E-state index is 0.123. The number of H-pyrrole nitrogens is 2. The number of hydrogen-bond acceptors (Lipinski definition) is 5. The van der Waals surface area contributed by atoms with Gasteiger partial charge in [0.15, 0.2) is 5.56 Å². The highest BCUT2D eigenvalue weighted by atomic mass is 16.2. The van der Waals surface area contributed by atoms with Crippen molar-refractivity contribution in [1.29, 1.82) is 5.26 Å². The van der Waals surface area contributed by atoms with E-state index in [9.17, 15) is 9.59 Å². The predicted octanol–water partition coefficient (Wildman–Crippen LogP) is -0.366. The van der Waals surface area contributed by atoms with Gasteiger partial charge in [-0.3, -0.25) is 14.8 Å². The summed E-state index contributed by atoms with van der Waals surface area (Å²) in [6.45, 7) is 1.27. The van der Waals surface area contributed by atoms with Gasteiger partial charge in [-0.25, -0.2) is 9.78 Å². The molecule has 0 aliphatic carbocycles. The lowest BCUT2D eigenvalue weighted by molar-refractivity contribution is 0.659. The van der Waals surface area contributed by atoms with Crippen LogP contribution in [0.4, 0.5) is 5.82 Å². The van der Waals surface area contributed by atoms with E-state index in [1.165, 1.54) is 0 Å². The van der Waals surface area contributed by atoms with E-state index in [0.717, 1.165) is 13.0 Å². The molecule has 0 spiro atoms. The molecule has 0 fully saturated rings. The molecule has 0 unspecified atom stereocenters. The molecule has 0 atom stereocenters. The first-order valence-corrected chi connectivity index (χ1v) is 5.67. The molecule has 0 amide bonds. The van der Waals surface area contributed by atoms with Crippen molar-refractivity contribution < 1.29 is 0 Å². The molecule has 98 valence electrons. The van der Waals surface area contributed by atoms with Crippen LogP contribution in [0.5, 0.6) is 0 Å². The summed E-state index contributed by atoms with van der Waals surface area (Å²) >= 11 is 0. The largest absolute Gasteiger partial charge is 0.370 e. The van der Waals surface area contributed by atoms with Crippen LogP contribution in [-0.2, 0) is 6.54 Å². The average Bonchev–Trinajstić information content (AvgIpc) is 2.87. The molecule has 0 aromatic carbocycles. The standard InChI is InChI=1S/C11H12N6O2/c12-6-8-9(15-11(19)16-10(8)18)14-2-1-4-17-5-3-13-7-17/h3,5,7H,1-2,4H2,(H3,14,15,16,18,19). The Morgan fingerprint density at radius 2 is 2.26 bits per heavy atom. The molecule has 0 aliphatic rings. The van der Waals surface area contributed by atoms with Crippen molar-refractivity contribution in [2.75, 3.05) is 11.9 Å². The topological polar surface area (TPSA) is 119 Å². The van der Waals surface area contributed by atoms with Crippen LogP contribution in [0.3, 0.4) is 0 Å². The Hall–Kier alpha value is -2.82. The van der Waals surface area contributed by atoms with E-state index in [4.69, 9.17) is 5.26 Å². The number of imidazole rings is 1. The summed E-state index contributed by atoms with van der Waals surface area (Å²) < 4.78 is 1.91. The zero-order chi connectivity index (χ0) is 13.7. The quantitative estimate of drug-likeness (QED) is 0.634. The van der Waals surface area contributed by atoms with Crippen LogP contribution in [0.1, 0.15) is 12.0 Å². The van der Waals surface area contributed by atoms with Gasteiger partial charge >= 0.3 is 5.69 Å². The van der Waals surface area contributed by atoms with E-state index < -0.39 is 11.2 Å². The Kier molecular flexibility index (Phi) is 3.78. The van der Waals surface area contributed by atoms with Gasteiger partial charge in [0.2, 0.25) is 0 Å². The van der Waals surface area contributed by atoms with E-state index in [2.05, 4.69) is 15.3 Å². The summed E-state index contributed by atoms with van der Waals surface area (Å²) in [5.41, 5.74) is -1.45. The van der Waals surface area contributed by atoms with Gasteiger partial charge in [0.25, 0.3) is 5.56 Å². The van der Waals surface area contributed by atoms with Gasteiger partial charge in [-0.1, -0.05) is 0 Å². The second-order valence-electron chi connectivity index (χ2n) is 3.85. The zero-order valence-electron chi connectivity index (χ0n) is 10.0. The van der Waals surface area contributed by atoms with Crippen molar-refractivity contribution in [3.63, 3.8) is 0 Å². The van der Waals surface area contributed by atoms with Gasteiger partial charge < -0.3 is 9.88 Å². The van der Waals surface area contributed by atoms with Crippen molar-refractivity contribution in [2.24, 2.45) is 0 Å². The third-order valence-corrected chi connectivity index (χ3v) is 2.51. The molecule has 0 saturated heterocycles. The fraction of sp³-hybridized carbons (Fsp3) is 0.273. The first kappa shape index (κ1) is 12.6. The van der Waals surface area contributed by atoms with Crippen LogP contribution in [0, 0.1) is 11.3 Å². The van der Waals surface area contributed by atoms with E-state index in [0.29, 0.717) is 6.54 Å². The molecule has 2 aromatic heterocycles. The highest BCUT2D eigenvalue weighted by Crippen LogP contribution is 2.02. The van der Waals surface area contributed by atoms with Gasteiger partial charge in [-0.2, -0.15) is 5.26 Å². The van der Waals surface area contributed by atoms with Gasteiger partial charge in [0, 0.05) is 25.5 Å². The summed E-state index contributed by atoms with van der Waals surface area (Å²) in [4.78, 5) is 30.8. The lowest BCUT2D eigenvalue weighted by Crippen LogP contribution is -2.27. The zero-order valence-corrected chi connectivity index (χ0v) is 10.0. The Morgan fingerprint density at radius 1 is 1.42 bits per heavy atom. The molecular weight excluding hydrogens is 248 g/mol. The molecule has 3 N–H and O–H groups in total. The van der Waals surface area contributed by atoms with Crippen molar-refractivity contribution in [3.05, 3.63) is 45.1 Å². The van der Waals surface area contributed by atoms with Crippen molar-refractivity contribution in [2.45, 2.75) is 13.0 Å². The predicted molar refractivity (Wildman–Crippen MR) is 67.7 cm³/mol. The Bertz CT molecular complexity index is 691. The molecule has 2 aromatic rings. The summed E-state index contributed by atoms with van der Waals surface area (Å²) in [5, 5.41) is 11.7. The lowest BCUT2D eigenvalue weighted by atomic mass is 10.3. The van der Waals surface area contributed by atoms with E-state index in [1.807, 2.05) is 15.7 Å². The maximum Gasteiger partial charge on any atom is 0.327 e. The third-order valence-electron chi connectivity index (χ3n) is 2.51. The molecule has 0 saturated carbocycles. The van der Waals surface area contributed by atoms with Crippen molar-refractivity contribution in [1.82, 2.24) is 19.5 Å². The summed E-state index contributed by atoms with van der Waals surface area (Å²) in [6.07, 6.45) is 6.00. The molecule has 2 rings (SSSR count). The van der Waals surface area contributed by atoms with Crippen LogP contribution in [-0.4, -0.2) is 26.1 Å². The number of anilines is 1. The third kappa shape index (κ3) is 3.10. The fourth-order valence-electron chi connectivity index (χ4n) is 1.62. The Labute approximate surface area is 107 Å². The number of nitrogens with zero attached hydrogens (tertiary/aromatic N) is 3. The van der Waals surface area contributed by atoms with Crippen molar-refractivity contribution in [3.8, 4) is 6.07 Å². The van der Waals surface area contributed by atoms with Crippen LogP contribution >= 0.6 is 0 Å². The molecule has 8 nitrogen and oxygen atoms in total. The van der Waals surface area contributed by atoms with Gasteiger partial charge in [0.1, 0.15) is 11.9 Å². The maximum atomic E-state index is 11.4. The van der Waals surface area contributed by atoms with E-state index >= 15 is 0 Å². The van der Waals surface area contributed by atoms with Crippen molar-refractivity contribution >= 4 is 5.82 Å². The number of aromatic amines is 2. The van der Waals surface area contributed by atoms with Crippen LogP contribution in [0.15, 0.2) is 28.3 Å². The number of rotatable bonds is 5. The number of hydrogen-bond donors (Lipinski definition) is 3. The number of aryl methyl sites for hydroxylation is 1. The Balaban J connectivity index is 1.98. The smallest absolute Gasteiger partial charge is 0.327 e. The normalized spacial score (nSPS) is 10.1. The van der Waals surface area contributed by atoms with Gasteiger partial charge in [-0.05, 0) is 6.42 Å². The number of nitrogens with one attached hydrogen (secondary N) is 3. The molecule has 0 bridgehead atoms. The number of aromatic nitrogens is 4. The van der Waals surface area contributed by atoms with E-state index in [1.54, 1.807) is 18.6 Å². The van der Waals surface area contributed by atoms with E-state index in [-0.39, 0.29) is 11.4 Å². The minimum atomic E-state index is -0.691. The summed E-state index contributed by atoms with van der Waals surface area (Å²) in [6, 6.07) is 1.75. The molecule has 8 heteroatoms. The summed E-state index contributed by atoms with van der Waals surface area (Å²) in [5.74, 6) is 0.155. The molecule has 2 heterocycles. The monoisotopic (exact) mass is 260 g/mol. The first-order valence-electron chi connectivity index (χ1n) is 5.67. The van der Waals surface area contributed by atoms with Crippen LogP contribution in [0.25, 0.3) is 0 Å². The molecular formula is C11H12N6O2. The average molecular weight is 260 g/mol. The SMILES string of the molecule is N#Cc1c(NCCCn2ccnc2)[nH]c(=O)[nH]c1=O. The highest BCUT2D eigenvalue weighted by molar-refractivity contribution is 5.49. The maximum absolute atomic E-state index is 11.4. The van der Waals surface area contributed by atoms with Crippen LogP contribution < -0.4 is 16.6 Å². The second kappa shape index (κ2) is 5.68. The van der Waals surface area contributed by atoms with Gasteiger partial charge in [-0.15, -0.1) is 0 Å². The molecule has 0 aliphatic heterocycles. The fourth-order valence-corrected chi connectivity index (χ4v) is 1.62. The minimum Gasteiger partial charge on any atom is -0.370 e. The number of nitriles is 1. The molecule has 0 radical (unpaired) electrons. The molecule has 19 heavy (non-hydrogen) atoms. The Morgan fingerprint density at radius 3 is 2.95 bits per heavy atom.